The fourth-order valence-electron chi connectivity index (χ4n) is 2.83. The summed E-state index contributed by atoms with van der Waals surface area (Å²) < 4.78 is 0.984. The van der Waals surface area contributed by atoms with Crippen LogP contribution in [0.1, 0.15) is 52.8 Å². The summed E-state index contributed by atoms with van der Waals surface area (Å²) in [7, 11) is 0. The number of aromatic nitrogens is 1. The predicted octanol–water partition coefficient (Wildman–Crippen LogP) is 4.86. The first-order valence-corrected chi connectivity index (χ1v) is 9.76. The number of unbranched alkanes of at least 4 members (excludes halogenated alkanes) is 2. The molecule has 3 aromatic rings. The van der Waals surface area contributed by atoms with E-state index in [-0.39, 0.29) is 11.7 Å². The van der Waals surface area contributed by atoms with Gasteiger partial charge in [-0.2, -0.15) is 0 Å². The summed E-state index contributed by atoms with van der Waals surface area (Å²) in [5.74, 6) is -0.326. The summed E-state index contributed by atoms with van der Waals surface area (Å²) >= 11 is 1.38. The van der Waals surface area contributed by atoms with Crippen molar-refractivity contribution >= 4 is 33.2 Å². The highest BCUT2D eigenvalue weighted by atomic mass is 32.1. The number of carbonyl (C=O) groups excluding carboxylic acids is 2. The average Bonchev–Trinajstić information content (AvgIpc) is 3.11. The average molecular weight is 366 g/mol. The second-order valence-corrected chi connectivity index (χ2v) is 7.27. The minimum atomic E-state index is -0.546. The zero-order valence-corrected chi connectivity index (χ0v) is 15.6. The molecule has 1 N–H and O–H groups in total. The third kappa shape index (κ3) is 4.35. The van der Waals surface area contributed by atoms with Crippen molar-refractivity contribution in [1.82, 2.24) is 10.3 Å². The summed E-state index contributed by atoms with van der Waals surface area (Å²) in [4.78, 5) is 30.0. The lowest BCUT2D eigenvalue weighted by Gasteiger charge is -2.16. The first-order valence-electron chi connectivity index (χ1n) is 8.94. The van der Waals surface area contributed by atoms with Gasteiger partial charge >= 0.3 is 0 Å². The Morgan fingerprint density at radius 3 is 2.50 bits per heavy atom. The van der Waals surface area contributed by atoms with Crippen molar-refractivity contribution in [2.75, 3.05) is 0 Å². The number of amides is 1. The largest absolute Gasteiger partial charge is 0.342 e. The van der Waals surface area contributed by atoms with E-state index in [0.717, 1.165) is 29.5 Å². The molecule has 0 aliphatic rings. The van der Waals surface area contributed by atoms with Crippen LogP contribution in [0.25, 0.3) is 10.2 Å². The van der Waals surface area contributed by atoms with Gasteiger partial charge < -0.3 is 5.32 Å². The first-order chi connectivity index (χ1) is 12.7. The molecular formula is C21H22N2O2S. The molecule has 0 saturated carbocycles. The van der Waals surface area contributed by atoms with Crippen molar-refractivity contribution in [3.8, 4) is 0 Å². The number of nitrogens with zero attached hydrogens (tertiary/aromatic N) is 1. The Kier molecular flexibility index (Phi) is 6.12. The van der Waals surface area contributed by atoms with Gasteiger partial charge in [0.25, 0.3) is 5.91 Å². The van der Waals surface area contributed by atoms with E-state index in [1.165, 1.54) is 11.3 Å². The molecule has 1 aromatic heterocycles. The van der Waals surface area contributed by atoms with Gasteiger partial charge in [0, 0.05) is 5.56 Å². The van der Waals surface area contributed by atoms with Gasteiger partial charge in [-0.05, 0) is 30.7 Å². The van der Waals surface area contributed by atoms with Gasteiger partial charge in [-0.1, -0.05) is 56.5 Å². The molecule has 0 saturated heterocycles. The second-order valence-electron chi connectivity index (χ2n) is 6.24. The number of carbonyl (C=O) groups is 2. The van der Waals surface area contributed by atoms with Gasteiger partial charge in [-0.25, -0.2) is 4.98 Å². The summed E-state index contributed by atoms with van der Waals surface area (Å²) in [5, 5.41) is 3.37. The standard InChI is InChI=1S/C21H22N2O2S/c1-2-3-5-13-17(22-20(25)15-10-6-4-7-11-15)19(24)21-23-16-12-8-9-14-18(16)26-21/h4,6-12,14,17H,2-3,5,13H2,1H3,(H,22,25)/t17-/m0/s1. The van der Waals surface area contributed by atoms with Crippen LogP contribution in [0.5, 0.6) is 0 Å². The van der Waals surface area contributed by atoms with Gasteiger partial charge in [-0.3, -0.25) is 9.59 Å². The number of hydrogen-bond donors (Lipinski definition) is 1. The van der Waals surface area contributed by atoms with E-state index in [1.807, 2.05) is 42.5 Å². The smallest absolute Gasteiger partial charge is 0.251 e. The van der Waals surface area contributed by atoms with Gasteiger partial charge in [0.2, 0.25) is 5.78 Å². The number of benzene rings is 2. The molecule has 1 amide bonds. The Morgan fingerprint density at radius 2 is 1.77 bits per heavy atom. The third-order valence-corrected chi connectivity index (χ3v) is 5.31. The lowest BCUT2D eigenvalue weighted by atomic mass is 10.0. The number of nitrogens with one attached hydrogen (secondary N) is 1. The quantitative estimate of drug-likeness (QED) is 0.457. The highest BCUT2D eigenvalue weighted by Gasteiger charge is 2.25. The molecular weight excluding hydrogens is 344 g/mol. The van der Waals surface area contributed by atoms with E-state index in [2.05, 4.69) is 17.2 Å². The Hall–Kier alpha value is -2.53. The van der Waals surface area contributed by atoms with Gasteiger partial charge in [0.15, 0.2) is 5.01 Å². The number of Topliss-reactive ketones (excluding diaryl/α,β-unsaturated/α-hetero) is 1. The van der Waals surface area contributed by atoms with E-state index in [9.17, 15) is 9.59 Å². The Balaban J connectivity index is 1.80. The zero-order chi connectivity index (χ0) is 18.4. The molecule has 0 aliphatic heterocycles. The molecule has 0 radical (unpaired) electrons. The van der Waals surface area contributed by atoms with Crippen molar-refractivity contribution in [3.63, 3.8) is 0 Å². The van der Waals surface area contributed by atoms with Crippen LogP contribution in [0.15, 0.2) is 54.6 Å². The number of para-hydroxylation sites is 1. The molecule has 0 unspecified atom stereocenters. The predicted molar refractivity (Wildman–Crippen MR) is 106 cm³/mol. The molecule has 1 atom stereocenters. The molecule has 5 heteroatoms. The molecule has 0 fully saturated rings. The minimum Gasteiger partial charge on any atom is -0.342 e. The lowest BCUT2D eigenvalue weighted by molar-refractivity contribution is 0.0851. The molecule has 4 nitrogen and oxygen atoms in total. The van der Waals surface area contributed by atoms with Crippen molar-refractivity contribution < 1.29 is 9.59 Å². The molecule has 134 valence electrons. The summed E-state index contributed by atoms with van der Waals surface area (Å²) in [5.41, 5.74) is 1.38. The first kappa shape index (κ1) is 18.3. The van der Waals surface area contributed by atoms with Crippen molar-refractivity contribution in [2.24, 2.45) is 0 Å². The SMILES string of the molecule is CCCCC[C@H](NC(=O)c1ccccc1)C(=O)c1nc2ccccc2s1. The molecule has 3 rings (SSSR count). The monoisotopic (exact) mass is 366 g/mol. The van der Waals surface area contributed by atoms with Crippen molar-refractivity contribution in [2.45, 2.75) is 38.6 Å². The fraction of sp³-hybridized carbons (Fsp3) is 0.286. The lowest BCUT2D eigenvalue weighted by Crippen LogP contribution is -2.40. The zero-order valence-electron chi connectivity index (χ0n) is 14.8. The summed E-state index contributed by atoms with van der Waals surface area (Å²) in [6, 6.07) is 16.2. The Labute approximate surface area is 157 Å². The molecule has 0 aliphatic carbocycles. The number of fused-ring (bicyclic) bond motifs is 1. The molecule has 1 heterocycles. The molecule has 0 spiro atoms. The van der Waals surface area contributed by atoms with E-state index in [0.29, 0.717) is 17.0 Å². The molecule has 0 bridgehead atoms. The van der Waals surface area contributed by atoms with Crippen LogP contribution in [0.3, 0.4) is 0 Å². The van der Waals surface area contributed by atoms with Gasteiger partial charge in [-0.15, -0.1) is 11.3 Å². The van der Waals surface area contributed by atoms with Crippen LogP contribution in [-0.4, -0.2) is 22.7 Å². The van der Waals surface area contributed by atoms with Crippen molar-refractivity contribution in [3.05, 3.63) is 65.2 Å². The van der Waals surface area contributed by atoms with Crippen LogP contribution in [-0.2, 0) is 0 Å². The summed E-state index contributed by atoms with van der Waals surface area (Å²) in [6.45, 7) is 2.12. The normalized spacial score (nSPS) is 12.0. The highest BCUT2D eigenvalue weighted by molar-refractivity contribution is 7.20. The molecule has 26 heavy (non-hydrogen) atoms. The minimum absolute atomic E-state index is 0.105. The van der Waals surface area contributed by atoms with Gasteiger partial charge in [0.05, 0.1) is 16.3 Å². The van der Waals surface area contributed by atoms with Crippen LogP contribution in [0, 0.1) is 0 Å². The number of thiazole rings is 1. The van der Waals surface area contributed by atoms with Gasteiger partial charge in [0.1, 0.15) is 0 Å². The number of rotatable bonds is 8. The van der Waals surface area contributed by atoms with Crippen LogP contribution < -0.4 is 5.32 Å². The maximum Gasteiger partial charge on any atom is 0.251 e. The summed E-state index contributed by atoms with van der Waals surface area (Å²) in [6.07, 6.45) is 3.62. The second kappa shape index (κ2) is 8.72. The topological polar surface area (TPSA) is 59.1 Å². The van der Waals surface area contributed by atoms with E-state index >= 15 is 0 Å². The fourth-order valence-corrected chi connectivity index (χ4v) is 3.79. The number of hydrogen-bond acceptors (Lipinski definition) is 4. The van der Waals surface area contributed by atoms with E-state index in [4.69, 9.17) is 0 Å². The maximum absolute atomic E-state index is 13.0. The van der Waals surface area contributed by atoms with E-state index < -0.39 is 6.04 Å². The molecule has 2 aromatic carbocycles. The third-order valence-electron chi connectivity index (χ3n) is 4.26. The van der Waals surface area contributed by atoms with Crippen LogP contribution >= 0.6 is 11.3 Å². The van der Waals surface area contributed by atoms with E-state index in [1.54, 1.807) is 12.1 Å². The number of ketones is 1. The van der Waals surface area contributed by atoms with Crippen molar-refractivity contribution in [1.29, 1.82) is 0 Å². The highest BCUT2D eigenvalue weighted by Crippen LogP contribution is 2.23. The maximum atomic E-state index is 13.0. The van der Waals surface area contributed by atoms with Crippen LogP contribution in [0.2, 0.25) is 0 Å². The Bertz CT molecular complexity index is 856. The Morgan fingerprint density at radius 1 is 1.04 bits per heavy atom. The van der Waals surface area contributed by atoms with Crippen LogP contribution in [0.4, 0.5) is 0 Å².